The van der Waals surface area contributed by atoms with E-state index in [1.807, 2.05) is 23.2 Å². The van der Waals surface area contributed by atoms with Crippen molar-refractivity contribution < 1.29 is 4.79 Å². The van der Waals surface area contributed by atoms with Gasteiger partial charge in [0.1, 0.15) is 10.9 Å². The third-order valence-electron chi connectivity index (χ3n) is 3.65. The second-order valence-corrected chi connectivity index (χ2v) is 6.35. The molecule has 0 unspecified atom stereocenters. The maximum Gasteiger partial charge on any atom is 0.286 e. The van der Waals surface area contributed by atoms with Crippen LogP contribution in [-0.2, 0) is 0 Å². The molecule has 22 heavy (non-hydrogen) atoms. The summed E-state index contributed by atoms with van der Waals surface area (Å²) in [6, 6.07) is 7.43. The lowest BCUT2D eigenvalue weighted by Gasteiger charge is -2.26. The molecule has 1 aliphatic heterocycles. The average Bonchev–Trinajstić information content (AvgIpc) is 2.90. The van der Waals surface area contributed by atoms with Gasteiger partial charge in [-0.05, 0) is 40.9 Å². The first-order valence-electron chi connectivity index (χ1n) is 7.20. The predicted octanol–water partition coefficient (Wildman–Crippen LogP) is 3.42. The molecule has 5 nitrogen and oxygen atoms in total. The van der Waals surface area contributed by atoms with Crippen LogP contribution in [0.1, 0.15) is 29.8 Å². The second-order valence-electron chi connectivity index (χ2n) is 5.19. The Labute approximate surface area is 142 Å². The normalized spacial score (nSPS) is 15.7. The molecule has 0 aliphatic carbocycles. The van der Waals surface area contributed by atoms with Gasteiger partial charge < -0.3 is 0 Å². The van der Waals surface area contributed by atoms with E-state index < -0.39 is 0 Å². The van der Waals surface area contributed by atoms with E-state index >= 15 is 0 Å². The third-order valence-corrected chi connectivity index (χ3v) is 4.73. The zero-order valence-corrected chi connectivity index (χ0v) is 14.3. The fraction of sp³-hybridized carbons (Fsp3) is 0.333. The molecule has 1 N–H and O–H groups in total. The van der Waals surface area contributed by atoms with E-state index in [4.69, 9.17) is 11.6 Å². The first-order valence-corrected chi connectivity index (χ1v) is 8.37. The average molecular weight is 384 g/mol. The molecule has 1 saturated heterocycles. The molecular formula is C15H16BrClN4O. The molecule has 0 saturated carbocycles. The Morgan fingerprint density at radius 3 is 2.68 bits per heavy atom. The van der Waals surface area contributed by atoms with Gasteiger partial charge in [0.15, 0.2) is 5.69 Å². The molecule has 1 aliphatic rings. The summed E-state index contributed by atoms with van der Waals surface area (Å²) in [6.45, 7) is 1.77. The van der Waals surface area contributed by atoms with Crippen molar-refractivity contribution in [3.05, 3.63) is 45.9 Å². The van der Waals surface area contributed by atoms with E-state index in [1.165, 1.54) is 6.42 Å². The number of para-hydroxylation sites is 1. The smallest absolute Gasteiger partial charge is 0.286 e. The van der Waals surface area contributed by atoms with Crippen molar-refractivity contribution in [2.75, 3.05) is 13.1 Å². The topological polar surface area (TPSA) is 50.2 Å². The van der Waals surface area contributed by atoms with Crippen molar-refractivity contribution in [2.24, 2.45) is 0 Å². The first-order chi connectivity index (χ1) is 10.7. The van der Waals surface area contributed by atoms with Crippen molar-refractivity contribution in [3.8, 4) is 5.69 Å². The number of carbonyl (C=O) groups excluding carboxylic acids is 1. The number of nitrogens with zero attached hydrogens (tertiary/aromatic N) is 3. The minimum Gasteiger partial charge on any atom is -0.291 e. The highest BCUT2D eigenvalue weighted by atomic mass is 79.9. The molecule has 1 aromatic heterocycles. The van der Waals surface area contributed by atoms with Crippen LogP contribution in [0.3, 0.4) is 0 Å². The molecule has 2 aromatic rings. The molecule has 0 radical (unpaired) electrons. The Morgan fingerprint density at radius 2 is 1.95 bits per heavy atom. The maximum absolute atomic E-state index is 12.4. The van der Waals surface area contributed by atoms with Crippen LogP contribution < -0.4 is 5.43 Å². The van der Waals surface area contributed by atoms with Crippen LogP contribution >= 0.6 is 27.5 Å². The zero-order chi connectivity index (χ0) is 15.5. The van der Waals surface area contributed by atoms with Crippen LogP contribution in [0.4, 0.5) is 0 Å². The predicted molar refractivity (Wildman–Crippen MR) is 89.2 cm³/mol. The molecule has 7 heteroatoms. The lowest BCUT2D eigenvalue weighted by atomic mass is 10.2. The largest absolute Gasteiger partial charge is 0.291 e. The monoisotopic (exact) mass is 382 g/mol. The van der Waals surface area contributed by atoms with E-state index in [2.05, 4.69) is 26.3 Å². The highest BCUT2D eigenvalue weighted by molar-refractivity contribution is 9.10. The summed E-state index contributed by atoms with van der Waals surface area (Å²) in [4.78, 5) is 16.6. The van der Waals surface area contributed by atoms with Crippen molar-refractivity contribution >= 4 is 33.4 Å². The van der Waals surface area contributed by atoms with Gasteiger partial charge in [0.2, 0.25) is 0 Å². The Morgan fingerprint density at radius 1 is 1.23 bits per heavy atom. The minimum atomic E-state index is -0.209. The van der Waals surface area contributed by atoms with Crippen molar-refractivity contribution in [1.29, 1.82) is 0 Å². The van der Waals surface area contributed by atoms with Crippen LogP contribution in [0.2, 0.25) is 5.02 Å². The van der Waals surface area contributed by atoms with E-state index in [0.717, 1.165) is 31.6 Å². The number of rotatable bonds is 3. The van der Waals surface area contributed by atoms with Gasteiger partial charge in [0.25, 0.3) is 5.91 Å². The Balaban J connectivity index is 1.81. The van der Waals surface area contributed by atoms with Gasteiger partial charge in [-0.3, -0.25) is 14.8 Å². The summed E-state index contributed by atoms with van der Waals surface area (Å²) in [5, 5.41) is 2.55. The highest BCUT2D eigenvalue weighted by Crippen LogP contribution is 2.26. The maximum atomic E-state index is 12.4. The highest BCUT2D eigenvalue weighted by Gasteiger charge is 2.20. The number of aromatic nitrogens is 2. The van der Waals surface area contributed by atoms with E-state index in [1.54, 1.807) is 17.0 Å². The summed E-state index contributed by atoms with van der Waals surface area (Å²) < 4.78 is 2.35. The number of halogens is 2. The van der Waals surface area contributed by atoms with Crippen LogP contribution in [-0.4, -0.2) is 33.6 Å². The number of imidazole rings is 1. The number of piperidine rings is 1. The van der Waals surface area contributed by atoms with Gasteiger partial charge in [-0.2, -0.15) is 0 Å². The Hall–Kier alpha value is -1.37. The molecule has 0 atom stereocenters. The van der Waals surface area contributed by atoms with Crippen molar-refractivity contribution in [1.82, 2.24) is 20.0 Å². The molecule has 116 valence electrons. The summed E-state index contributed by atoms with van der Waals surface area (Å²) in [5.74, 6) is -0.209. The number of benzene rings is 1. The minimum absolute atomic E-state index is 0.209. The van der Waals surface area contributed by atoms with Crippen molar-refractivity contribution in [3.63, 3.8) is 0 Å². The second kappa shape index (κ2) is 6.81. The van der Waals surface area contributed by atoms with E-state index in [-0.39, 0.29) is 5.91 Å². The van der Waals surface area contributed by atoms with Crippen LogP contribution in [0.15, 0.2) is 35.2 Å². The van der Waals surface area contributed by atoms with Gasteiger partial charge in [0.05, 0.1) is 10.7 Å². The quantitative estimate of drug-likeness (QED) is 0.883. The van der Waals surface area contributed by atoms with Gasteiger partial charge in [-0.25, -0.2) is 9.99 Å². The van der Waals surface area contributed by atoms with E-state index in [0.29, 0.717) is 15.3 Å². The van der Waals surface area contributed by atoms with E-state index in [9.17, 15) is 4.79 Å². The lowest BCUT2D eigenvalue weighted by molar-refractivity contribution is 0.0744. The standard InChI is InChI=1S/C15H16BrClN4O/c16-14-13(15(22)19-20-8-4-1-5-9-20)18-10-21(14)12-7-3-2-6-11(12)17/h2-3,6-7,10H,1,4-5,8-9H2,(H,19,22). The van der Waals surface area contributed by atoms with Gasteiger partial charge >= 0.3 is 0 Å². The number of hydrogen-bond donors (Lipinski definition) is 1. The van der Waals surface area contributed by atoms with Gasteiger partial charge in [-0.15, -0.1) is 0 Å². The Bertz CT molecular complexity index is 682. The molecular weight excluding hydrogens is 368 g/mol. The van der Waals surface area contributed by atoms with Crippen LogP contribution in [0.25, 0.3) is 5.69 Å². The SMILES string of the molecule is O=C(NN1CCCCC1)c1ncn(-c2ccccc2Cl)c1Br. The van der Waals surface area contributed by atoms with Crippen molar-refractivity contribution in [2.45, 2.75) is 19.3 Å². The molecule has 1 fully saturated rings. The lowest BCUT2D eigenvalue weighted by Crippen LogP contribution is -2.45. The number of hydrogen-bond acceptors (Lipinski definition) is 3. The zero-order valence-electron chi connectivity index (χ0n) is 11.9. The fourth-order valence-corrected chi connectivity index (χ4v) is 3.29. The van der Waals surface area contributed by atoms with Crippen LogP contribution in [0.5, 0.6) is 0 Å². The summed E-state index contributed by atoms with van der Waals surface area (Å²) >= 11 is 9.65. The molecule has 2 heterocycles. The molecule has 1 amide bonds. The summed E-state index contributed by atoms with van der Waals surface area (Å²) in [6.07, 6.45) is 5.03. The number of carbonyl (C=O) groups is 1. The molecule has 1 aromatic carbocycles. The fourth-order valence-electron chi connectivity index (χ4n) is 2.50. The first kappa shape index (κ1) is 15.5. The summed E-state index contributed by atoms with van der Waals surface area (Å²) in [7, 11) is 0. The molecule has 0 bridgehead atoms. The number of nitrogens with one attached hydrogen (secondary N) is 1. The Kier molecular flexibility index (Phi) is 4.81. The molecule has 0 spiro atoms. The third kappa shape index (κ3) is 3.19. The number of amides is 1. The van der Waals surface area contributed by atoms with Crippen LogP contribution in [0, 0.1) is 0 Å². The number of hydrazine groups is 1. The van der Waals surface area contributed by atoms with Gasteiger partial charge in [-0.1, -0.05) is 30.2 Å². The molecule has 3 rings (SSSR count). The van der Waals surface area contributed by atoms with Gasteiger partial charge in [0, 0.05) is 13.1 Å². The summed E-state index contributed by atoms with van der Waals surface area (Å²) in [5.41, 5.74) is 4.04.